The molecule has 0 saturated heterocycles. The Morgan fingerprint density at radius 1 is 1.18 bits per heavy atom. The number of amides is 1. The molecule has 0 aliphatic rings. The summed E-state index contributed by atoms with van der Waals surface area (Å²) < 4.78 is 0. The molecule has 17 heavy (non-hydrogen) atoms. The van der Waals surface area contributed by atoms with Crippen LogP contribution in [0.5, 0.6) is 0 Å². The van der Waals surface area contributed by atoms with Gasteiger partial charge in [0.2, 0.25) is 5.91 Å². The van der Waals surface area contributed by atoms with Crippen molar-refractivity contribution >= 4 is 11.9 Å². The fourth-order valence-corrected chi connectivity index (χ4v) is 2.00. The van der Waals surface area contributed by atoms with Crippen LogP contribution in [0.1, 0.15) is 53.4 Å². The lowest BCUT2D eigenvalue weighted by atomic mass is 9.88. The molecule has 0 aromatic heterocycles. The van der Waals surface area contributed by atoms with Gasteiger partial charge in [0, 0.05) is 18.4 Å². The van der Waals surface area contributed by atoms with Crippen LogP contribution in [0.2, 0.25) is 0 Å². The SMILES string of the molecule is CCC(CC)C(C)C(=O)NC(C)CCC(=O)O. The number of hydrogen-bond acceptors (Lipinski definition) is 2. The molecule has 0 saturated carbocycles. The molecule has 0 aromatic carbocycles. The molecule has 0 radical (unpaired) electrons. The molecular formula is C13H25NO3. The maximum Gasteiger partial charge on any atom is 0.303 e. The molecular weight excluding hydrogens is 218 g/mol. The smallest absolute Gasteiger partial charge is 0.303 e. The summed E-state index contributed by atoms with van der Waals surface area (Å²) in [6.07, 6.45) is 2.57. The molecule has 0 aliphatic heterocycles. The van der Waals surface area contributed by atoms with E-state index in [1.165, 1.54) is 0 Å². The van der Waals surface area contributed by atoms with Crippen LogP contribution in [-0.4, -0.2) is 23.0 Å². The van der Waals surface area contributed by atoms with Gasteiger partial charge in [-0.15, -0.1) is 0 Å². The van der Waals surface area contributed by atoms with Gasteiger partial charge < -0.3 is 10.4 Å². The summed E-state index contributed by atoms with van der Waals surface area (Å²) in [5, 5.41) is 11.4. The largest absolute Gasteiger partial charge is 0.481 e. The average molecular weight is 243 g/mol. The summed E-state index contributed by atoms with van der Waals surface area (Å²) in [4.78, 5) is 22.3. The first-order valence-electron chi connectivity index (χ1n) is 6.44. The van der Waals surface area contributed by atoms with Crippen molar-refractivity contribution in [2.75, 3.05) is 0 Å². The van der Waals surface area contributed by atoms with Crippen molar-refractivity contribution in [1.82, 2.24) is 5.32 Å². The number of aliphatic carboxylic acids is 1. The molecule has 0 spiro atoms. The van der Waals surface area contributed by atoms with Crippen molar-refractivity contribution in [3.63, 3.8) is 0 Å². The van der Waals surface area contributed by atoms with E-state index in [0.29, 0.717) is 12.3 Å². The normalized spacial score (nSPS) is 14.4. The number of hydrogen-bond donors (Lipinski definition) is 2. The number of carboxylic acid groups (broad SMARTS) is 1. The predicted octanol–water partition coefficient (Wildman–Crippen LogP) is 2.43. The van der Waals surface area contributed by atoms with Gasteiger partial charge in [0.25, 0.3) is 0 Å². The predicted molar refractivity (Wildman–Crippen MR) is 67.7 cm³/mol. The van der Waals surface area contributed by atoms with Crippen molar-refractivity contribution in [3.05, 3.63) is 0 Å². The monoisotopic (exact) mass is 243 g/mol. The van der Waals surface area contributed by atoms with E-state index in [-0.39, 0.29) is 24.3 Å². The second-order valence-electron chi connectivity index (χ2n) is 4.71. The maximum atomic E-state index is 11.9. The highest BCUT2D eigenvalue weighted by Gasteiger charge is 2.22. The van der Waals surface area contributed by atoms with E-state index in [1.807, 2.05) is 13.8 Å². The molecule has 0 fully saturated rings. The first kappa shape index (κ1) is 15.9. The lowest BCUT2D eigenvalue weighted by Gasteiger charge is -2.22. The Balaban J connectivity index is 4.10. The molecule has 2 unspecified atom stereocenters. The van der Waals surface area contributed by atoms with Crippen LogP contribution in [0, 0.1) is 11.8 Å². The van der Waals surface area contributed by atoms with Crippen LogP contribution >= 0.6 is 0 Å². The number of rotatable bonds is 8. The van der Waals surface area contributed by atoms with Gasteiger partial charge >= 0.3 is 5.97 Å². The molecule has 0 aliphatic carbocycles. The Morgan fingerprint density at radius 3 is 2.12 bits per heavy atom. The van der Waals surface area contributed by atoms with Crippen LogP contribution in [0.3, 0.4) is 0 Å². The number of carboxylic acids is 1. The van der Waals surface area contributed by atoms with Gasteiger partial charge in [-0.3, -0.25) is 9.59 Å². The first-order valence-corrected chi connectivity index (χ1v) is 6.44. The third-order valence-electron chi connectivity index (χ3n) is 3.35. The van der Waals surface area contributed by atoms with E-state index < -0.39 is 5.97 Å². The molecule has 4 heteroatoms. The number of nitrogens with one attached hydrogen (secondary N) is 1. The van der Waals surface area contributed by atoms with Crippen molar-refractivity contribution < 1.29 is 14.7 Å². The van der Waals surface area contributed by atoms with E-state index in [9.17, 15) is 9.59 Å². The van der Waals surface area contributed by atoms with Gasteiger partial charge in [0.05, 0.1) is 0 Å². The maximum absolute atomic E-state index is 11.9. The summed E-state index contributed by atoms with van der Waals surface area (Å²) >= 11 is 0. The molecule has 100 valence electrons. The highest BCUT2D eigenvalue weighted by molar-refractivity contribution is 5.78. The van der Waals surface area contributed by atoms with Crippen LogP contribution in [-0.2, 0) is 9.59 Å². The Labute approximate surface area is 104 Å². The highest BCUT2D eigenvalue weighted by atomic mass is 16.4. The number of carbonyl (C=O) groups is 2. The minimum absolute atomic E-state index is 0.00252. The van der Waals surface area contributed by atoms with Gasteiger partial charge in [-0.2, -0.15) is 0 Å². The molecule has 2 atom stereocenters. The molecule has 0 aromatic rings. The van der Waals surface area contributed by atoms with E-state index in [0.717, 1.165) is 12.8 Å². The zero-order chi connectivity index (χ0) is 13.4. The first-order chi connectivity index (χ1) is 7.92. The summed E-state index contributed by atoms with van der Waals surface area (Å²) in [5.41, 5.74) is 0. The fraction of sp³-hybridized carbons (Fsp3) is 0.846. The summed E-state index contributed by atoms with van der Waals surface area (Å²) in [6.45, 7) is 7.97. The Hall–Kier alpha value is -1.06. The van der Waals surface area contributed by atoms with E-state index in [1.54, 1.807) is 0 Å². The second-order valence-corrected chi connectivity index (χ2v) is 4.71. The lowest BCUT2D eigenvalue weighted by molar-refractivity contribution is -0.137. The Kier molecular flexibility index (Phi) is 7.59. The van der Waals surface area contributed by atoms with Gasteiger partial charge in [0.15, 0.2) is 0 Å². The number of carbonyl (C=O) groups excluding carboxylic acids is 1. The lowest BCUT2D eigenvalue weighted by Crippen LogP contribution is -2.39. The molecule has 2 N–H and O–H groups in total. The Morgan fingerprint density at radius 2 is 1.71 bits per heavy atom. The second kappa shape index (κ2) is 8.09. The molecule has 1 amide bonds. The Bertz CT molecular complexity index is 249. The van der Waals surface area contributed by atoms with Crippen molar-refractivity contribution in [2.45, 2.75) is 59.4 Å². The quantitative estimate of drug-likeness (QED) is 0.688. The van der Waals surface area contributed by atoms with E-state index in [2.05, 4.69) is 19.2 Å². The van der Waals surface area contributed by atoms with Crippen molar-refractivity contribution in [1.29, 1.82) is 0 Å². The van der Waals surface area contributed by atoms with Gasteiger partial charge in [-0.25, -0.2) is 0 Å². The average Bonchev–Trinajstić information content (AvgIpc) is 2.27. The van der Waals surface area contributed by atoms with E-state index in [4.69, 9.17) is 5.11 Å². The van der Waals surface area contributed by atoms with Gasteiger partial charge in [0.1, 0.15) is 0 Å². The molecule has 4 nitrogen and oxygen atoms in total. The molecule has 0 rings (SSSR count). The summed E-state index contributed by atoms with van der Waals surface area (Å²) in [7, 11) is 0. The van der Waals surface area contributed by atoms with Crippen LogP contribution < -0.4 is 5.32 Å². The minimum atomic E-state index is -0.820. The van der Waals surface area contributed by atoms with Crippen molar-refractivity contribution in [3.8, 4) is 0 Å². The summed E-state index contributed by atoms with van der Waals surface area (Å²) in [6, 6.07) is -0.0737. The van der Waals surface area contributed by atoms with Crippen LogP contribution in [0.25, 0.3) is 0 Å². The third-order valence-corrected chi connectivity index (χ3v) is 3.35. The van der Waals surface area contributed by atoms with Crippen LogP contribution in [0.15, 0.2) is 0 Å². The van der Waals surface area contributed by atoms with Gasteiger partial charge in [-0.1, -0.05) is 33.6 Å². The standard InChI is InChI=1S/C13H25NO3/c1-5-11(6-2)10(4)13(17)14-9(3)7-8-12(15)16/h9-11H,5-8H2,1-4H3,(H,14,17)(H,15,16). The zero-order valence-corrected chi connectivity index (χ0v) is 11.3. The van der Waals surface area contributed by atoms with E-state index >= 15 is 0 Å². The van der Waals surface area contributed by atoms with Crippen molar-refractivity contribution in [2.24, 2.45) is 11.8 Å². The van der Waals surface area contributed by atoms with Crippen LogP contribution in [0.4, 0.5) is 0 Å². The summed E-state index contributed by atoms with van der Waals surface area (Å²) in [5.74, 6) is -0.380. The van der Waals surface area contributed by atoms with Gasteiger partial charge in [-0.05, 0) is 19.3 Å². The molecule has 0 heterocycles. The topological polar surface area (TPSA) is 66.4 Å². The zero-order valence-electron chi connectivity index (χ0n) is 11.3. The molecule has 0 bridgehead atoms. The highest BCUT2D eigenvalue weighted by Crippen LogP contribution is 2.19. The third kappa shape index (κ3) is 6.29. The fourth-order valence-electron chi connectivity index (χ4n) is 2.00. The minimum Gasteiger partial charge on any atom is -0.481 e.